The molecule has 0 unspecified atom stereocenters. The molecule has 28 heavy (non-hydrogen) atoms. The molecule has 0 aliphatic rings. The fourth-order valence-electron chi connectivity index (χ4n) is 3.30. The first-order valence-electron chi connectivity index (χ1n) is 9.11. The molecule has 0 saturated carbocycles. The second-order valence-corrected chi connectivity index (χ2v) is 6.59. The van der Waals surface area contributed by atoms with Crippen molar-refractivity contribution in [2.75, 3.05) is 6.61 Å². The van der Waals surface area contributed by atoms with E-state index < -0.39 is 0 Å². The third-order valence-electron chi connectivity index (χ3n) is 4.70. The number of H-pyrrole nitrogens is 1. The van der Waals surface area contributed by atoms with Crippen molar-refractivity contribution in [1.82, 2.24) is 24.9 Å². The third-order valence-corrected chi connectivity index (χ3v) is 4.70. The first-order valence-corrected chi connectivity index (χ1v) is 9.11. The van der Waals surface area contributed by atoms with Crippen LogP contribution in [0.25, 0.3) is 22.4 Å². The van der Waals surface area contributed by atoms with Gasteiger partial charge in [-0.2, -0.15) is 5.10 Å². The summed E-state index contributed by atoms with van der Waals surface area (Å²) in [5.74, 6) is 1.85. The summed E-state index contributed by atoms with van der Waals surface area (Å²) >= 11 is 0. The van der Waals surface area contributed by atoms with Gasteiger partial charge in [-0.05, 0) is 39.8 Å². The molecule has 144 valence electrons. The Morgan fingerprint density at radius 1 is 1.18 bits per heavy atom. The zero-order chi connectivity index (χ0) is 19.8. The van der Waals surface area contributed by atoms with Crippen molar-refractivity contribution in [2.45, 2.75) is 34.2 Å². The molecule has 8 heteroatoms. The third kappa shape index (κ3) is 2.96. The van der Waals surface area contributed by atoms with Gasteiger partial charge in [0, 0.05) is 5.56 Å². The number of fused-ring (bicyclic) bond motifs is 1. The molecule has 1 aromatic carbocycles. The Morgan fingerprint density at radius 3 is 2.68 bits per heavy atom. The van der Waals surface area contributed by atoms with Gasteiger partial charge in [0.25, 0.3) is 5.56 Å². The normalized spacial score (nSPS) is 11.3. The van der Waals surface area contributed by atoms with Crippen LogP contribution in [-0.4, -0.2) is 31.5 Å². The second kappa shape index (κ2) is 6.95. The summed E-state index contributed by atoms with van der Waals surface area (Å²) in [6.45, 7) is 8.40. The smallest absolute Gasteiger partial charge is 0.277 e. The summed E-state index contributed by atoms with van der Waals surface area (Å²) in [6.07, 6.45) is 0. The molecular formula is C20H21N5O3. The molecule has 0 fully saturated rings. The van der Waals surface area contributed by atoms with E-state index in [1.54, 1.807) is 4.68 Å². The number of aromatic nitrogens is 5. The lowest BCUT2D eigenvalue weighted by Crippen LogP contribution is -2.15. The molecule has 0 amide bonds. The fraction of sp³-hybridized carbons (Fsp3) is 0.300. The monoisotopic (exact) mass is 379 g/mol. The molecule has 3 heterocycles. The molecule has 8 nitrogen and oxygen atoms in total. The Bertz CT molecular complexity index is 1200. The van der Waals surface area contributed by atoms with Gasteiger partial charge in [-0.25, -0.2) is 4.98 Å². The summed E-state index contributed by atoms with van der Waals surface area (Å²) in [6, 6.07) is 7.50. The van der Waals surface area contributed by atoms with Crippen molar-refractivity contribution >= 4 is 11.0 Å². The van der Waals surface area contributed by atoms with Gasteiger partial charge in [0.05, 0.1) is 30.1 Å². The highest BCUT2D eigenvalue weighted by molar-refractivity contribution is 5.79. The topological polar surface area (TPSA) is 98.8 Å². The lowest BCUT2D eigenvalue weighted by Gasteiger charge is -2.09. The van der Waals surface area contributed by atoms with E-state index in [-0.39, 0.29) is 5.56 Å². The molecule has 3 aromatic heterocycles. The molecule has 0 aliphatic heterocycles. The van der Waals surface area contributed by atoms with Crippen LogP contribution < -0.4 is 10.3 Å². The molecule has 0 saturated heterocycles. The lowest BCUT2D eigenvalue weighted by molar-refractivity contribution is 0.341. The second-order valence-electron chi connectivity index (χ2n) is 6.59. The number of hydrogen-bond acceptors (Lipinski definition) is 6. The van der Waals surface area contributed by atoms with Crippen molar-refractivity contribution in [3.8, 4) is 17.1 Å². The number of ether oxygens (including phenoxy) is 1. The van der Waals surface area contributed by atoms with Gasteiger partial charge in [0.1, 0.15) is 22.9 Å². The van der Waals surface area contributed by atoms with Crippen LogP contribution in [0.2, 0.25) is 0 Å². The molecule has 1 N–H and O–H groups in total. The quantitative estimate of drug-likeness (QED) is 0.572. The van der Waals surface area contributed by atoms with Crippen LogP contribution in [0.4, 0.5) is 0 Å². The van der Waals surface area contributed by atoms with Crippen molar-refractivity contribution in [1.29, 1.82) is 0 Å². The van der Waals surface area contributed by atoms with E-state index >= 15 is 0 Å². The highest BCUT2D eigenvalue weighted by atomic mass is 16.5. The van der Waals surface area contributed by atoms with Crippen LogP contribution in [0, 0.1) is 20.8 Å². The van der Waals surface area contributed by atoms with E-state index in [2.05, 4.69) is 20.2 Å². The molecule has 0 radical (unpaired) electrons. The first kappa shape index (κ1) is 18.0. The van der Waals surface area contributed by atoms with Crippen molar-refractivity contribution in [2.24, 2.45) is 0 Å². The molecular weight excluding hydrogens is 358 g/mol. The molecule has 4 aromatic rings. The van der Waals surface area contributed by atoms with Gasteiger partial charge in [-0.15, -0.1) is 0 Å². The molecule has 0 spiro atoms. The lowest BCUT2D eigenvalue weighted by atomic mass is 10.2. The number of para-hydroxylation sites is 1. The molecule has 0 aliphatic carbocycles. The van der Waals surface area contributed by atoms with Crippen LogP contribution in [0.5, 0.6) is 5.75 Å². The predicted octanol–water partition coefficient (Wildman–Crippen LogP) is 3.15. The molecule has 0 bridgehead atoms. The van der Waals surface area contributed by atoms with Crippen LogP contribution in [0.3, 0.4) is 0 Å². The Hall–Kier alpha value is -3.42. The Balaban J connectivity index is 1.86. The van der Waals surface area contributed by atoms with Gasteiger partial charge in [-0.3, -0.25) is 9.48 Å². The average molecular weight is 379 g/mol. The van der Waals surface area contributed by atoms with Crippen molar-refractivity contribution in [3.05, 3.63) is 57.3 Å². The average Bonchev–Trinajstić information content (AvgIpc) is 3.17. The van der Waals surface area contributed by atoms with Crippen LogP contribution in [0.1, 0.15) is 29.6 Å². The van der Waals surface area contributed by atoms with E-state index in [1.807, 2.05) is 52.0 Å². The molecule has 0 atom stereocenters. The number of nitrogens with one attached hydrogen (secondary N) is 1. The first-order chi connectivity index (χ1) is 13.5. The van der Waals surface area contributed by atoms with Crippen molar-refractivity contribution in [3.63, 3.8) is 0 Å². The number of nitrogens with zero attached hydrogens (tertiary/aromatic N) is 4. The predicted molar refractivity (Wildman–Crippen MR) is 105 cm³/mol. The van der Waals surface area contributed by atoms with E-state index in [1.165, 1.54) is 0 Å². The van der Waals surface area contributed by atoms with Gasteiger partial charge in [0.2, 0.25) is 0 Å². The SMILES string of the molecule is CCOc1ccccc1-c1nc2c(C)nn(Cc3c(C)noc3C)c2c(=O)[nH]1. The maximum atomic E-state index is 12.9. The van der Waals surface area contributed by atoms with E-state index in [9.17, 15) is 4.79 Å². The number of rotatable bonds is 5. The van der Waals surface area contributed by atoms with Gasteiger partial charge in [-0.1, -0.05) is 17.3 Å². The summed E-state index contributed by atoms with van der Waals surface area (Å²) in [5, 5.41) is 8.51. The minimum atomic E-state index is -0.251. The largest absolute Gasteiger partial charge is 0.493 e. The number of hydrogen-bond donors (Lipinski definition) is 1. The Morgan fingerprint density at radius 2 is 1.96 bits per heavy atom. The Labute approximate surface area is 161 Å². The highest BCUT2D eigenvalue weighted by Gasteiger charge is 2.19. The summed E-state index contributed by atoms with van der Waals surface area (Å²) < 4.78 is 12.6. The molecule has 4 rings (SSSR count). The maximum Gasteiger partial charge on any atom is 0.277 e. The van der Waals surface area contributed by atoms with E-state index in [0.29, 0.717) is 47.2 Å². The van der Waals surface area contributed by atoms with E-state index in [0.717, 1.165) is 16.8 Å². The van der Waals surface area contributed by atoms with Crippen molar-refractivity contribution < 1.29 is 9.26 Å². The van der Waals surface area contributed by atoms with Crippen LogP contribution in [-0.2, 0) is 6.54 Å². The van der Waals surface area contributed by atoms with Gasteiger partial charge >= 0.3 is 0 Å². The minimum absolute atomic E-state index is 0.251. The zero-order valence-electron chi connectivity index (χ0n) is 16.2. The standard InChI is InChI=1S/C20H21N5O3/c1-5-27-16-9-7-6-8-14(16)19-21-17-12(3)23-25(18(17)20(26)22-19)10-15-11(2)24-28-13(15)4/h6-9H,5,10H2,1-4H3,(H,21,22,26). The van der Waals surface area contributed by atoms with Gasteiger partial charge in [0.15, 0.2) is 5.52 Å². The minimum Gasteiger partial charge on any atom is -0.493 e. The zero-order valence-corrected chi connectivity index (χ0v) is 16.2. The fourth-order valence-corrected chi connectivity index (χ4v) is 3.30. The maximum absolute atomic E-state index is 12.9. The Kier molecular flexibility index (Phi) is 4.46. The number of benzene rings is 1. The summed E-state index contributed by atoms with van der Waals surface area (Å²) in [7, 11) is 0. The number of aromatic amines is 1. The summed E-state index contributed by atoms with van der Waals surface area (Å²) in [4.78, 5) is 20.5. The number of aryl methyl sites for hydroxylation is 3. The van der Waals surface area contributed by atoms with Crippen LogP contribution >= 0.6 is 0 Å². The summed E-state index contributed by atoms with van der Waals surface area (Å²) in [5.41, 5.74) is 3.86. The van der Waals surface area contributed by atoms with Gasteiger partial charge < -0.3 is 14.2 Å². The highest BCUT2D eigenvalue weighted by Crippen LogP contribution is 2.28. The van der Waals surface area contributed by atoms with Crippen LogP contribution in [0.15, 0.2) is 33.6 Å². The van der Waals surface area contributed by atoms with E-state index in [4.69, 9.17) is 9.26 Å².